The van der Waals surface area contributed by atoms with E-state index in [0.29, 0.717) is 23.0 Å². The van der Waals surface area contributed by atoms with Crippen LogP contribution in [0.25, 0.3) is 5.65 Å². The first-order valence-electron chi connectivity index (χ1n) is 7.60. The van der Waals surface area contributed by atoms with Crippen molar-refractivity contribution in [3.63, 3.8) is 0 Å². The van der Waals surface area contributed by atoms with Gasteiger partial charge < -0.3 is 10.2 Å². The van der Waals surface area contributed by atoms with E-state index >= 15 is 0 Å². The molecule has 1 fully saturated rings. The van der Waals surface area contributed by atoms with Crippen molar-refractivity contribution in [1.29, 1.82) is 0 Å². The van der Waals surface area contributed by atoms with Gasteiger partial charge in [-0.25, -0.2) is 0 Å². The van der Waals surface area contributed by atoms with Crippen LogP contribution in [-0.2, 0) is 4.79 Å². The Labute approximate surface area is 142 Å². The molecule has 0 bridgehead atoms. The molecule has 9 heteroatoms. The van der Waals surface area contributed by atoms with Gasteiger partial charge in [-0.05, 0) is 47.5 Å². The fraction of sp³-hybridized carbons (Fsp3) is 0.267. The van der Waals surface area contributed by atoms with Gasteiger partial charge in [-0.3, -0.25) is 4.79 Å². The smallest absolute Gasteiger partial charge is 0.249 e. The van der Waals surface area contributed by atoms with Gasteiger partial charge in [0, 0.05) is 6.54 Å². The predicted octanol–water partition coefficient (Wildman–Crippen LogP) is 1.78. The third-order valence-corrected chi connectivity index (χ3v) is 4.29. The number of halogens is 1. The summed E-state index contributed by atoms with van der Waals surface area (Å²) in [4.78, 5) is 14.5. The molecular formula is C15H14ClN7O. The van der Waals surface area contributed by atoms with E-state index in [2.05, 4.69) is 25.9 Å². The molecule has 8 nitrogen and oxygen atoms in total. The molecule has 0 aliphatic carbocycles. The summed E-state index contributed by atoms with van der Waals surface area (Å²) < 4.78 is 1.32. The van der Waals surface area contributed by atoms with E-state index in [9.17, 15) is 4.79 Å². The highest BCUT2D eigenvalue weighted by Gasteiger charge is 2.30. The van der Waals surface area contributed by atoms with Crippen molar-refractivity contribution in [3.8, 4) is 0 Å². The highest BCUT2D eigenvalue weighted by molar-refractivity contribution is 6.33. The molecule has 0 radical (unpaired) electrons. The van der Waals surface area contributed by atoms with Crippen LogP contribution in [0.3, 0.4) is 0 Å². The summed E-state index contributed by atoms with van der Waals surface area (Å²) in [7, 11) is 0. The largest absolute Gasteiger partial charge is 0.357 e. The zero-order chi connectivity index (χ0) is 16.5. The van der Waals surface area contributed by atoms with Crippen LogP contribution in [-0.4, -0.2) is 43.7 Å². The number of nitrogens with zero attached hydrogens (tertiary/aromatic N) is 6. The number of rotatable bonds is 3. The first-order chi connectivity index (χ1) is 11.7. The van der Waals surface area contributed by atoms with Crippen molar-refractivity contribution >= 4 is 34.7 Å². The zero-order valence-electron chi connectivity index (χ0n) is 12.6. The number of hydrogen-bond acceptors (Lipinski definition) is 6. The second kappa shape index (κ2) is 6.04. The van der Waals surface area contributed by atoms with Crippen molar-refractivity contribution in [2.24, 2.45) is 0 Å². The number of para-hydroxylation sites is 1. The van der Waals surface area contributed by atoms with Gasteiger partial charge >= 0.3 is 0 Å². The van der Waals surface area contributed by atoms with E-state index in [1.165, 1.54) is 4.63 Å². The van der Waals surface area contributed by atoms with Gasteiger partial charge in [0.25, 0.3) is 0 Å². The molecule has 1 aliphatic rings. The van der Waals surface area contributed by atoms with Gasteiger partial charge in [-0.1, -0.05) is 23.7 Å². The first-order valence-corrected chi connectivity index (χ1v) is 7.98. The van der Waals surface area contributed by atoms with Gasteiger partial charge in [0.15, 0.2) is 5.65 Å². The lowest BCUT2D eigenvalue weighted by molar-refractivity contribution is -0.120. The molecule has 122 valence electrons. The topological polar surface area (TPSA) is 88.3 Å². The van der Waals surface area contributed by atoms with Crippen molar-refractivity contribution in [3.05, 3.63) is 41.4 Å². The maximum atomic E-state index is 12.8. The maximum absolute atomic E-state index is 12.8. The summed E-state index contributed by atoms with van der Waals surface area (Å²) in [5.74, 6) is 0.530. The van der Waals surface area contributed by atoms with Crippen molar-refractivity contribution in [2.45, 2.75) is 18.9 Å². The molecule has 1 saturated heterocycles. The molecule has 0 spiro atoms. The number of tetrazole rings is 1. The van der Waals surface area contributed by atoms with Crippen LogP contribution in [0.15, 0.2) is 36.4 Å². The second-order valence-electron chi connectivity index (χ2n) is 5.53. The van der Waals surface area contributed by atoms with Crippen molar-refractivity contribution in [1.82, 2.24) is 25.3 Å². The number of aromatic nitrogens is 5. The molecule has 2 aromatic heterocycles. The van der Waals surface area contributed by atoms with Crippen molar-refractivity contribution < 1.29 is 4.79 Å². The maximum Gasteiger partial charge on any atom is 0.249 e. The Morgan fingerprint density at radius 3 is 2.96 bits per heavy atom. The summed E-state index contributed by atoms with van der Waals surface area (Å²) in [5, 5.41) is 19.1. The van der Waals surface area contributed by atoms with Crippen LogP contribution < -0.4 is 10.2 Å². The van der Waals surface area contributed by atoms with E-state index in [1.807, 2.05) is 18.2 Å². The number of carbonyl (C=O) groups is 1. The van der Waals surface area contributed by atoms with Crippen LogP contribution in [0.5, 0.6) is 0 Å². The molecule has 0 unspecified atom stereocenters. The van der Waals surface area contributed by atoms with Gasteiger partial charge in [-0.15, -0.1) is 14.8 Å². The summed E-state index contributed by atoms with van der Waals surface area (Å²) >= 11 is 6.23. The number of hydrogen-bond donors (Lipinski definition) is 1. The molecule has 24 heavy (non-hydrogen) atoms. The molecular weight excluding hydrogens is 330 g/mol. The van der Waals surface area contributed by atoms with Crippen LogP contribution >= 0.6 is 11.6 Å². The minimum atomic E-state index is -0.364. The Morgan fingerprint density at radius 1 is 1.21 bits per heavy atom. The number of amides is 1. The number of anilines is 2. The Balaban J connectivity index is 1.57. The first kappa shape index (κ1) is 14.8. The Morgan fingerprint density at radius 2 is 2.08 bits per heavy atom. The van der Waals surface area contributed by atoms with E-state index in [-0.39, 0.29) is 11.9 Å². The van der Waals surface area contributed by atoms with Gasteiger partial charge in [-0.2, -0.15) is 0 Å². The molecule has 1 atom stereocenters. The molecule has 1 aromatic carbocycles. The average Bonchev–Trinajstić information content (AvgIpc) is 3.05. The summed E-state index contributed by atoms with van der Waals surface area (Å²) in [5.41, 5.74) is 1.28. The van der Waals surface area contributed by atoms with Gasteiger partial charge in [0.05, 0.1) is 10.7 Å². The fourth-order valence-electron chi connectivity index (χ4n) is 2.82. The summed E-state index contributed by atoms with van der Waals surface area (Å²) in [6.07, 6.45) is 1.61. The molecule has 1 N–H and O–H groups in total. The van der Waals surface area contributed by atoms with Gasteiger partial charge in [0.2, 0.25) is 5.91 Å². The van der Waals surface area contributed by atoms with Crippen LogP contribution in [0.2, 0.25) is 5.02 Å². The van der Waals surface area contributed by atoms with Crippen LogP contribution in [0.1, 0.15) is 12.8 Å². The third-order valence-electron chi connectivity index (χ3n) is 3.97. The quantitative estimate of drug-likeness (QED) is 0.780. The number of benzene rings is 1. The normalized spacial score (nSPS) is 18.1. The molecule has 3 aromatic rings. The van der Waals surface area contributed by atoms with E-state index < -0.39 is 0 Å². The number of fused-ring (bicyclic) bond motifs is 1. The molecule has 3 heterocycles. The second-order valence-corrected chi connectivity index (χ2v) is 5.93. The number of piperidine rings is 1. The average molecular weight is 344 g/mol. The fourth-order valence-corrected chi connectivity index (χ4v) is 3.06. The highest BCUT2D eigenvalue weighted by Crippen LogP contribution is 2.29. The van der Waals surface area contributed by atoms with Gasteiger partial charge in [0.1, 0.15) is 11.9 Å². The SMILES string of the molecule is O=C1[C@@H](Nc2ccc3nnnn3n2)CCCN1c1ccccc1Cl. The molecule has 1 aliphatic heterocycles. The molecule has 0 saturated carbocycles. The van der Waals surface area contributed by atoms with E-state index in [4.69, 9.17) is 11.6 Å². The summed E-state index contributed by atoms with van der Waals surface area (Å²) in [6.45, 7) is 0.653. The Hall–Kier alpha value is -2.74. The Bertz CT molecular complexity index is 896. The zero-order valence-corrected chi connectivity index (χ0v) is 13.4. The standard InChI is InChI=1S/C15H14ClN7O/c16-10-4-1-2-6-12(10)22-9-3-5-11(15(22)24)17-13-7-8-14-18-20-21-23(14)19-13/h1-2,4,6-8,11H,3,5,9H2,(H,17,19)/t11-/m0/s1. The lowest BCUT2D eigenvalue weighted by Gasteiger charge is -2.33. The highest BCUT2D eigenvalue weighted by atomic mass is 35.5. The van der Waals surface area contributed by atoms with E-state index in [0.717, 1.165) is 18.5 Å². The number of carbonyl (C=O) groups excluding carboxylic acids is 1. The van der Waals surface area contributed by atoms with Crippen LogP contribution in [0, 0.1) is 0 Å². The van der Waals surface area contributed by atoms with Crippen molar-refractivity contribution in [2.75, 3.05) is 16.8 Å². The predicted molar refractivity (Wildman–Crippen MR) is 89.0 cm³/mol. The summed E-state index contributed by atoms with van der Waals surface area (Å²) in [6, 6.07) is 10.5. The Kier molecular flexibility index (Phi) is 3.73. The third kappa shape index (κ3) is 2.65. The molecule has 1 amide bonds. The molecule has 4 rings (SSSR count). The lowest BCUT2D eigenvalue weighted by Crippen LogP contribution is -2.48. The number of nitrogens with one attached hydrogen (secondary N) is 1. The lowest BCUT2D eigenvalue weighted by atomic mass is 10.0. The van der Waals surface area contributed by atoms with Crippen LogP contribution in [0.4, 0.5) is 11.5 Å². The minimum Gasteiger partial charge on any atom is -0.357 e. The monoisotopic (exact) mass is 343 g/mol. The minimum absolute atomic E-state index is 0.0204. The van der Waals surface area contributed by atoms with E-state index in [1.54, 1.807) is 23.1 Å².